The van der Waals surface area contributed by atoms with Gasteiger partial charge >= 0.3 is 5.97 Å². The second-order valence-electron chi connectivity index (χ2n) is 6.50. The number of rotatable bonds is 8. The van der Waals surface area contributed by atoms with Gasteiger partial charge in [0.15, 0.2) is 5.69 Å². The number of carbonyl (C=O) groups is 2. The van der Waals surface area contributed by atoms with Crippen molar-refractivity contribution in [3.05, 3.63) is 40.7 Å². The second kappa shape index (κ2) is 8.80. The van der Waals surface area contributed by atoms with E-state index in [0.29, 0.717) is 29.2 Å². The molecular weight excluding hydrogens is 356 g/mol. The summed E-state index contributed by atoms with van der Waals surface area (Å²) in [6, 6.07) is 7.11. The van der Waals surface area contributed by atoms with Crippen molar-refractivity contribution in [2.75, 3.05) is 6.54 Å². The van der Waals surface area contributed by atoms with Gasteiger partial charge in [-0.1, -0.05) is 43.7 Å². The van der Waals surface area contributed by atoms with Crippen molar-refractivity contribution in [2.45, 2.75) is 33.6 Å². The van der Waals surface area contributed by atoms with Crippen molar-refractivity contribution < 1.29 is 14.7 Å². The van der Waals surface area contributed by atoms with E-state index in [9.17, 15) is 14.7 Å². The Kier molecular flexibility index (Phi) is 6.74. The molecule has 140 valence electrons. The molecule has 2 rings (SSSR count). The number of amides is 1. The Hall–Kier alpha value is -2.41. The van der Waals surface area contributed by atoms with Crippen molar-refractivity contribution in [2.24, 2.45) is 11.8 Å². The summed E-state index contributed by atoms with van der Waals surface area (Å²) in [7, 11) is 0. The molecule has 2 N–H and O–H groups in total. The molecular formula is C18H23ClN4O3. The lowest BCUT2D eigenvalue weighted by atomic mass is 9.97. The van der Waals surface area contributed by atoms with Crippen LogP contribution >= 0.6 is 11.6 Å². The van der Waals surface area contributed by atoms with Gasteiger partial charge in [-0.2, -0.15) is 0 Å². The summed E-state index contributed by atoms with van der Waals surface area (Å²) in [5.41, 5.74) is 1.55. The third kappa shape index (κ3) is 4.82. The summed E-state index contributed by atoms with van der Waals surface area (Å²) in [5.74, 6) is -1.75. The number of nitrogens with zero attached hydrogens (tertiary/aromatic N) is 3. The van der Waals surface area contributed by atoms with Crippen LogP contribution in [0.15, 0.2) is 24.3 Å². The molecule has 26 heavy (non-hydrogen) atoms. The van der Waals surface area contributed by atoms with Crippen molar-refractivity contribution >= 4 is 23.5 Å². The molecule has 0 saturated carbocycles. The quantitative estimate of drug-likeness (QED) is 0.736. The predicted octanol–water partition coefficient (Wildman–Crippen LogP) is 2.96. The van der Waals surface area contributed by atoms with Crippen LogP contribution in [0.25, 0.3) is 5.69 Å². The van der Waals surface area contributed by atoms with Gasteiger partial charge in [-0.25, -0.2) is 4.68 Å². The molecule has 0 spiro atoms. The molecule has 0 aliphatic rings. The zero-order valence-electron chi connectivity index (χ0n) is 15.1. The Morgan fingerprint density at radius 2 is 2.08 bits per heavy atom. The molecule has 0 radical (unpaired) electrons. The first-order valence-electron chi connectivity index (χ1n) is 8.55. The van der Waals surface area contributed by atoms with E-state index in [0.717, 1.165) is 0 Å². The number of benzene rings is 1. The molecule has 7 nitrogen and oxygen atoms in total. The van der Waals surface area contributed by atoms with Gasteiger partial charge in [0.1, 0.15) is 0 Å². The van der Waals surface area contributed by atoms with Gasteiger partial charge in [-0.05, 0) is 37.0 Å². The number of carboxylic acid groups (broad SMARTS) is 1. The molecule has 0 fully saturated rings. The van der Waals surface area contributed by atoms with Gasteiger partial charge in [0.2, 0.25) is 0 Å². The minimum absolute atomic E-state index is 0.0551. The Balaban J connectivity index is 2.18. The van der Waals surface area contributed by atoms with E-state index in [4.69, 9.17) is 11.6 Å². The van der Waals surface area contributed by atoms with Crippen molar-refractivity contribution in [3.63, 3.8) is 0 Å². The fourth-order valence-corrected chi connectivity index (χ4v) is 2.94. The molecule has 1 unspecified atom stereocenters. The molecule has 1 atom stereocenters. The minimum Gasteiger partial charge on any atom is -0.481 e. The molecule has 0 saturated heterocycles. The van der Waals surface area contributed by atoms with E-state index in [2.05, 4.69) is 15.6 Å². The smallest absolute Gasteiger partial charge is 0.308 e. The first kappa shape index (κ1) is 19.9. The molecule has 1 heterocycles. The van der Waals surface area contributed by atoms with Crippen molar-refractivity contribution in [1.29, 1.82) is 0 Å². The molecule has 2 aromatic rings. The van der Waals surface area contributed by atoms with Crippen LogP contribution in [-0.4, -0.2) is 38.5 Å². The van der Waals surface area contributed by atoms with Crippen LogP contribution in [0.1, 0.15) is 43.4 Å². The van der Waals surface area contributed by atoms with E-state index >= 15 is 0 Å². The number of aromatic nitrogens is 3. The van der Waals surface area contributed by atoms with Crippen molar-refractivity contribution in [3.8, 4) is 5.69 Å². The molecule has 0 aliphatic carbocycles. The molecule has 1 aromatic carbocycles. The van der Waals surface area contributed by atoms with E-state index < -0.39 is 17.8 Å². The normalized spacial score (nSPS) is 12.2. The Bertz CT molecular complexity index is 788. The average molecular weight is 379 g/mol. The van der Waals surface area contributed by atoms with E-state index in [1.807, 2.05) is 26.8 Å². The lowest BCUT2D eigenvalue weighted by Gasteiger charge is -2.15. The minimum atomic E-state index is -0.919. The van der Waals surface area contributed by atoms with Crippen LogP contribution in [0.4, 0.5) is 0 Å². The highest BCUT2D eigenvalue weighted by molar-refractivity contribution is 6.30. The van der Waals surface area contributed by atoms with Gasteiger partial charge < -0.3 is 10.4 Å². The fraction of sp³-hybridized carbons (Fsp3) is 0.444. The maximum absolute atomic E-state index is 12.5. The Morgan fingerprint density at radius 1 is 1.35 bits per heavy atom. The molecule has 8 heteroatoms. The number of nitrogens with one attached hydrogen (secondary N) is 1. The van der Waals surface area contributed by atoms with Gasteiger partial charge in [-0.3, -0.25) is 9.59 Å². The van der Waals surface area contributed by atoms with Gasteiger partial charge in [0, 0.05) is 11.6 Å². The van der Waals surface area contributed by atoms with E-state index in [1.54, 1.807) is 22.9 Å². The number of hydrogen-bond acceptors (Lipinski definition) is 4. The summed E-state index contributed by atoms with van der Waals surface area (Å²) in [6.45, 7) is 5.85. The second-order valence-corrected chi connectivity index (χ2v) is 6.94. The van der Waals surface area contributed by atoms with Crippen LogP contribution < -0.4 is 5.32 Å². The van der Waals surface area contributed by atoms with Crippen LogP contribution in [0.2, 0.25) is 5.02 Å². The van der Waals surface area contributed by atoms with Gasteiger partial charge in [0.05, 0.1) is 17.3 Å². The van der Waals surface area contributed by atoms with Crippen LogP contribution in [0.3, 0.4) is 0 Å². The molecule has 1 amide bonds. The van der Waals surface area contributed by atoms with Crippen molar-refractivity contribution in [1.82, 2.24) is 20.3 Å². The topological polar surface area (TPSA) is 97.1 Å². The number of halogens is 1. The molecule has 0 bridgehead atoms. The fourth-order valence-electron chi connectivity index (χ4n) is 2.75. The van der Waals surface area contributed by atoms with E-state index in [1.165, 1.54) is 0 Å². The SMILES string of the molecule is CCc1c(C(=O)NCC(CC(C)C)C(=O)O)nnn1-c1cccc(Cl)c1. The summed E-state index contributed by atoms with van der Waals surface area (Å²) in [5, 5.41) is 20.6. The third-order valence-electron chi connectivity index (χ3n) is 3.98. The highest BCUT2D eigenvalue weighted by Gasteiger charge is 2.23. The molecule has 0 aliphatic heterocycles. The zero-order chi connectivity index (χ0) is 19.3. The zero-order valence-corrected chi connectivity index (χ0v) is 15.8. The van der Waals surface area contributed by atoms with Crippen LogP contribution in [0.5, 0.6) is 0 Å². The maximum atomic E-state index is 12.5. The summed E-state index contributed by atoms with van der Waals surface area (Å²) in [4.78, 5) is 23.8. The van der Waals surface area contributed by atoms with Crippen LogP contribution in [-0.2, 0) is 11.2 Å². The lowest BCUT2D eigenvalue weighted by Crippen LogP contribution is -2.34. The molecule has 1 aromatic heterocycles. The van der Waals surface area contributed by atoms with Gasteiger partial charge in [0.25, 0.3) is 5.91 Å². The maximum Gasteiger partial charge on any atom is 0.308 e. The number of aliphatic carboxylic acids is 1. The Labute approximate surface area is 157 Å². The number of carbonyl (C=O) groups excluding carboxylic acids is 1. The highest BCUT2D eigenvalue weighted by Crippen LogP contribution is 2.18. The predicted molar refractivity (Wildman–Crippen MR) is 98.7 cm³/mol. The number of carboxylic acids is 1. The van der Waals surface area contributed by atoms with E-state index in [-0.39, 0.29) is 18.2 Å². The monoisotopic (exact) mass is 378 g/mol. The third-order valence-corrected chi connectivity index (χ3v) is 4.22. The lowest BCUT2D eigenvalue weighted by molar-refractivity contribution is -0.142. The largest absolute Gasteiger partial charge is 0.481 e. The average Bonchev–Trinajstić information content (AvgIpc) is 3.01. The summed E-state index contributed by atoms with van der Waals surface area (Å²) < 4.78 is 1.57. The first-order valence-corrected chi connectivity index (χ1v) is 8.92. The summed E-state index contributed by atoms with van der Waals surface area (Å²) >= 11 is 6.02. The standard InChI is InChI=1S/C18H23ClN4O3/c1-4-15-16(17(24)20-10-12(18(25)26)8-11(2)3)21-22-23(15)14-7-5-6-13(19)9-14/h5-7,9,11-12H,4,8,10H2,1-3H3,(H,20,24)(H,25,26). The number of hydrogen-bond donors (Lipinski definition) is 2. The van der Waals surface area contributed by atoms with Crippen LogP contribution in [0, 0.1) is 11.8 Å². The Morgan fingerprint density at radius 3 is 2.65 bits per heavy atom. The summed E-state index contributed by atoms with van der Waals surface area (Å²) in [6.07, 6.45) is 1.03. The van der Waals surface area contributed by atoms with Gasteiger partial charge in [-0.15, -0.1) is 5.10 Å². The highest BCUT2D eigenvalue weighted by atomic mass is 35.5. The first-order chi connectivity index (χ1) is 12.3.